The van der Waals surface area contributed by atoms with Crippen molar-refractivity contribution >= 4 is 11.9 Å². The molecule has 1 fully saturated rings. The maximum absolute atomic E-state index is 11.7. The lowest BCUT2D eigenvalue weighted by atomic mass is 9.95. The molecule has 1 aliphatic heterocycles. The molecular weight excluding hydrogens is 222 g/mol. The van der Waals surface area contributed by atoms with Crippen molar-refractivity contribution in [3.63, 3.8) is 0 Å². The van der Waals surface area contributed by atoms with Crippen molar-refractivity contribution in [2.75, 3.05) is 19.7 Å². The second-order valence-corrected chi connectivity index (χ2v) is 5.31. The molecule has 1 rings (SSSR count). The second kappa shape index (κ2) is 5.49. The first-order chi connectivity index (χ1) is 7.82. The molecular formula is C12H21NO4. The number of amides is 1. The van der Waals surface area contributed by atoms with Crippen LogP contribution < -0.4 is 0 Å². The minimum atomic E-state index is -0.976. The van der Waals surface area contributed by atoms with Gasteiger partial charge in [-0.15, -0.1) is 0 Å². The Labute approximate surface area is 102 Å². The highest BCUT2D eigenvalue weighted by molar-refractivity contribution is 5.77. The van der Waals surface area contributed by atoms with Crippen molar-refractivity contribution in [3.05, 3.63) is 0 Å². The highest BCUT2D eigenvalue weighted by atomic mass is 16.5. The van der Waals surface area contributed by atoms with Crippen LogP contribution in [0, 0.1) is 5.92 Å². The van der Waals surface area contributed by atoms with Crippen LogP contribution in [0.25, 0.3) is 0 Å². The molecule has 0 aliphatic carbocycles. The van der Waals surface area contributed by atoms with E-state index in [2.05, 4.69) is 13.8 Å². The topological polar surface area (TPSA) is 66.8 Å². The quantitative estimate of drug-likeness (QED) is 0.759. The van der Waals surface area contributed by atoms with E-state index < -0.39 is 11.6 Å². The summed E-state index contributed by atoms with van der Waals surface area (Å²) in [4.78, 5) is 23.8. The lowest BCUT2D eigenvalue weighted by molar-refractivity contribution is -0.173. The Morgan fingerprint density at radius 2 is 2.00 bits per heavy atom. The summed E-state index contributed by atoms with van der Waals surface area (Å²) in [6.07, 6.45) is 1.45. The SMILES string of the molecule is CC(C)CCC(=O)N1CC(C)(OCC(=O)O)C1. The van der Waals surface area contributed by atoms with E-state index in [0.717, 1.165) is 6.42 Å². The molecule has 0 saturated carbocycles. The molecule has 0 aromatic rings. The standard InChI is InChI=1S/C12H21NO4/c1-9(2)4-5-10(14)13-7-12(3,8-13)17-6-11(15)16/h9H,4-8H2,1-3H3,(H,15,16). The van der Waals surface area contributed by atoms with E-state index in [0.29, 0.717) is 25.4 Å². The number of hydrogen-bond donors (Lipinski definition) is 1. The Kier molecular flexibility index (Phi) is 4.51. The van der Waals surface area contributed by atoms with Crippen LogP contribution in [-0.4, -0.2) is 47.2 Å². The predicted molar refractivity (Wildman–Crippen MR) is 62.6 cm³/mol. The molecule has 98 valence electrons. The Morgan fingerprint density at radius 1 is 1.41 bits per heavy atom. The van der Waals surface area contributed by atoms with Crippen molar-refractivity contribution in [1.29, 1.82) is 0 Å². The van der Waals surface area contributed by atoms with Gasteiger partial charge in [0, 0.05) is 6.42 Å². The van der Waals surface area contributed by atoms with E-state index in [-0.39, 0.29) is 12.5 Å². The molecule has 1 heterocycles. The summed E-state index contributed by atoms with van der Waals surface area (Å²) in [6, 6.07) is 0. The third-order valence-corrected chi connectivity index (χ3v) is 2.88. The van der Waals surface area contributed by atoms with Gasteiger partial charge in [0.25, 0.3) is 0 Å². The zero-order valence-electron chi connectivity index (χ0n) is 10.7. The summed E-state index contributed by atoms with van der Waals surface area (Å²) < 4.78 is 5.24. The molecule has 1 N–H and O–H groups in total. The Morgan fingerprint density at radius 3 is 2.47 bits per heavy atom. The van der Waals surface area contributed by atoms with Crippen LogP contribution in [0.5, 0.6) is 0 Å². The number of ether oxygens (including phenoxy) is 1. The zero-order chi connectivity index (χ0) is 13.1. The van der Waals surface area contributed by atoms with Crippen molar-refractivity contribution in [3.8, 4) is 0 Å². The summed E-state index contributed by atoms with van der Waals surface area (Å²) in [6.45, 7) is 6.70. The summed E-state index contributed by atoms with van der Waals surface area (Å²) in [7, 11) is 0. The van der Waals surface area contributed by atoms with E-state index >= 15 is 0 Å². The van der Waals surface area contributed by atoms with Gasteiger partial charge in [0.15, 0.2) is 0 Å². The van der Waals surface area contributed by atoms with E-state index in [4.69, 9.17) is 9.84 Å². The van der Waals surface area contributed by atoms with E-state index in [9.17, 15) is 9.59 Å². The van der Waals surface area contributed by atoms with Crippen LogP contribution in [-0.2, 0) is 14.3 Å². The monoisotopic (exact) mass is 243 g/mol. The van der Waals surface area contributed by atoms with Crippen molar-refractivity contribution in [1.82, 2.24) is 4.90 Å². The average molecular weight is 243 g/mol. The molecule has 1 saturated heterocycles. The van der Waals surface area contributed by atoms with Crippen LogP contribution in [0.1, 0.15) is 33.6 Å². The van der Waals surface area contributed by atoms with Crippen molar-refractivity contribution < 1.29 is 19.4 Å². The molecule has 1 amide bonds. The first-order valence-corrected chi connectivity index (χ1v) is 5.96. The molecule has 17 heavy (non-hydrogen) atoms. The zero-order valence-corrected chi connectivity index (χ0v) is 10.7. The first-order valence-electron chi connectivity index (χ1n) is 5.96. The normalized spacial score (nSPS) is 18.0. The summed E-state index contributed by atoms with van der Waals surface area (Å²) in [5, 5.41) is 8.51. The maximum atomic E-state index is 11.7. The molecule has 0 spiro atoms. The third kappa shape index (κ3) is 4.34. The largest absolute Gasteiger partial charge is 0.480 e. The van der Waals surface area contributed by atoms with Crippen LogP contribution in [0.2, 0.25) is 0 Å². The van der Waals surface area contributed by atoms with Gasteiger partial charge in [-0.1, -0.05) is 13.8 Å². The number of nitrogens with zero attached hydrogens (tertiary/aromatic N) is 1. The van der Waals surface area contributed by atoms with Crippen molar-refractivity contribution in [2.45, 2.75) is 39.2 Å². The highest BCUT2D eigenvalue weighted by Crippen LogP contribution is 2.25. The predicted octanol–water partition coefficient (Wildman–Crippen LogP) is 1.12. The lowest BCUT2D eigenvalue weighted by Gasteiger charge is -2.47. The average Bonchev–Trinajstić information content (AvgIpc) is 2.19. The fourth-order valence-corrected chi connectivity index (χ4v) is 1.84. The molecule has 0 unspecified atom stereocenters. The number of likely N-dealkylation sites (tertiary alicyclic amines) is 1. The number of hydrogen-bond acceptors (Lipinski definition) is 3. The van der Waals surface area contributed by atoms with Gasteiger partial charge in [0.05, 0.1) is 13.1 Å². The van der Waals surface area contributed by atoms with Crippen LogP contribution >= 0.6 is 0 Å². The number of aliphatic carboxylic acids is 1. The van der Waals surface area contributed by atoms with E-state index in [1.165, 1.54) is 0 Å². The molecule has 5 nitrogen and oxygen atoms in total. The Hall–Kier alpha value is -1.10. The summed E-state index contributed by atoms with van der Waals surface area (Å²) >= 11 is 0. The van der Waals surface area contributed by atoms with Gasteiger partial charge in [0.1, 0.15) is 12.2 Å². The third-order valence-electron chi connectivity index (χ3n) is 2.88. The van der Waals surface area contributed by atoms with Gasteiger partial charge in [0.2, 0.25) is 5.91 Å². The van der Waals surface area contributed by atoms with E-state index in [1.54, 1.807) is 4.90 Å². The highest BCUT2D eigenvalue weighted by Gasteiger charge is 2.42. The number of rotatable bonds is 6. The Balaban J connectivity index is 2.25. The van der Waals surface area contributed by atoms with E-state index in [1.807, 2.05) is 6.92 Å². The molecule has 1 aliphatic rings. The van der Waals surface area contributed by atoms with Crippen LogP contribution in [0.4, 0.5) is 0 Å². The fourth-order valence-electron chi connectivity index (χ4n) is 1.84. The van der Waals surface area contributed by atoms with Gasteiger partial charge < -0.3 is 14.7 Å². The number of carboxylic acid groups (broad SMARTS) is 1. The van der Waals surface area contributed by atoms with Gasteiger partial charge in [-0.2, -0.15) is 0 Å². The van der Waals surface area contributed by atoms with Gasteiger partial charge >= 0.3 is 5.97 Å². The summed E-state index contributed by atoms with van der Waals surface area (Å²) in [5.74, 6) is -0.319. The van der Waals surface area contributed by atoms with Gasteiger partial charge in [-0.05, 0) is 19.3 Å². The second-order valence-electron chi connectivity index (χ2n) is 5.31. The Bertz CT molecular complexity index is 295. The maximum Gasteiger partial charge on any atom is 0.329 e. The van der Waals surface area contributed by atoms with Crippen molar-refractivity contribution in [2.24, 2.45) is 5.92 Å². The number of carbonyl (C=O) groups is 2. The molecule has 5 heteroatoms. The molecule has 0 aromatic carbocycles. The fraction of sp³-hybridized carbons (Fsp3) is 0.833. The molecule has 0 radical (unpaired) electrons. The smallest absolute Gasteiger partial charge is 0.329 e. The molecule has 0 atom stereocenters. The van der Waals surface area contributed by atoms with Gasteiger partial charge in [-0.25, -0.2) is 4.79 Å². The lowest BCUT2D eigenvalue weighted by Crippen LogP contribution is -2.63. The number of carboxylic acids is 1. The molecule has 0 bridgehead atoms. The summed E-state index contributed by atoms with van der Waals surface area (Å²) in [5.41, 5.74) is -0.480. The van der Waals surface area contributed by atoms with Crippen LogP contribution in [0.3, 0.4) is 0 Å². The van der Waals surface area contributed by atoms with Crippen LogP contribution in [0.15, 0.2) is 0 Å². The minimum absolute atomic E-state index is 0.134. The minimum Gasteiger partial charge on any atom is -0.480 e. The first kappa shape index (κ1) is 14.0. The molecule has 0 aromatic heterocycles. The van der Waals surface area contributed by atoms with Gasteiger partial charge in [-0.3, -0.25) is 4.79 Å². The number of carbonyl (C=O) groups excluding carboxylic acids is 1.